The van der Waals surface area contributed by atoms with Crippen LogP contribution >= 0.6 is 0 Å². The lowest BCUT2D eigenvalue weighted by Gasteiger charge is -2.26. The van der Waals surface area contributed by atoms with Gasteiger partial charge >= 0.3 is 0 Å². The zero-order valence-electron chi connectivity index (χ0n) is 16.5. The zero-order valence-corrected chi connectivity index (χ0v) is 16.5. The molecule has 1 aromatic rings. The number of nitrogens with one attached hydrogen (secondary N) is 2. The van der Waals surface area contributed by atoms with E-state index in [9.17, 15) is 4.39 Å². The largest absolute Gasteiger partial charge is 0.357 e. The molecule has 0 radical (unpaired) electrons. The molecule has 26 heavy (non-hydrogen) atoms. The first-order valence-electron chi connectivity index (χ1n) is 9.75. The van der Waals surface area contributed by atoms with Gasteiger partial charge in [0, 0.05) is 31.7 Å². The molecule has 1 aliphatic heterocycles. The Labute approximate surface area is 157 Å². The number of halogens is 1. The van der Waals surface area contributed by atoms with E-state index in [0.717, 1.165) is 31.2 Å². The Morgan fingerprint density at radius 3 is 2.65 bits per heavy atom. The smallest absolute Gasteiger partial charge is 0.191 e. The second-order valence-corrected chi connectivity index (χ2v) is 7.19. The van der Waals surface area contributed by atoms with Crippen LogP contribution in [0.5, 0.6) is 0 Å². The first kappa shape index (κ1) is 20.6. The van der Waals surface area contributed by atoms with Crippen molar-refractivity contribution in [2.45, 2.75) is 39.3 Å². The molecule has 6 heteroatoms. The molecule has 1 saturated heterocycles. The minimum atomic E-state index is -0.155. The van der Waals surface area contributed by atoms with Gasteiger partial charge in [0.15, 0.2) is 5.96 Å². The van der Waals surface area contributed by atoms with Crippen molar-refractivity contribution in [2.24, 2.45) is 4.99 Å². The number of piperidine rings is 1. The Morgan fingerprint density at radius 2 is 1.96 bits per heavy atom. The van der Waals surface area contributed by atoms with Gasteiger partial charge in [-0.3, -0.25) is 0 Å². The van der Waals surface area contributed by atoms with Crippen LogP contribution in [0.1, 0.15) is 37.3 Å². The topological polar surface area (TPSA) is 42.9 Å². The van der Waals surface area contributed by atoms with Gasteiger partial charge < -0.3 is 20.4 Å². The van der Waals surface area contributed by atoms with E-state index in [-0.39, 0.29) is 5.82 Å². The van der Waals surface area contributed by atoms with Crippen molar-refractivity contribution in [1.82, 2.24) is 20.4 Å². The SMILES string of the molecule is CCNC(=NCc1ccc(F)c(CN(C)C)c1)NCCN1CCCCC1. The monoisotopic (exact) mass is 363 g/mol. The van der Waals surface area contributed by atoms with Gasteiger partial charge in [-0.05, 0) is 64.6 Å². The first-order valence-corrected chi connectivity index (χ1v) is 9.75. The van der Waals surface area contributed by atoms with Crippen molar-refractivity contribution in [3.63, 3.8) is 0 Å². The van der Waals surface area contributed by atoms with E-state index in [2.05, 4.69) is 27.4 Å². The fourth-order valence-corrected chi connectivity index (χ4v) is 3.22. The van der Waals surface area contributed by atoms with Gasteiger partial charge in [-0.15, -0.1) is 0 Å². The molecule has 1 fully saturated rings. The van der Waals surface area contributed by atoms with Crippen molar-refractivity contribution < 1.29 is 4.39 Å². The molecule has 0 atom stereocenters. The van der Waals surface area contributed by atoms with Gasteiger partial charge in [0.05, 0.1) is 6.54 Å². The average Bonchev–Trinajstić information content (AvgIpc) is 2.62. The zero-order chi connectivity index (χ0) is 18.8. The van der Waals surface area contributed by atoms with Gasteiger partial charge in [-0.1, -0.05) is 12.5 Å². The Balaban J connectivity index is 1.88. The molecule has 2 rings (SSSR count). The van der Waals surface area contributed by atoms with Crippen LogP contribution in [0.2, 0.25) is 0 Å². The number of benzene rings is 1. The number of likely N-dealkylation sites (tertiary alicyclic amines) is 1. The predicted octanol–water partition coefficient (Wildman–Crippen LogP) is 2.43. The maximum atomic E-state index is 13.9. The highest BCUT2D eigenvalue weighted by molar-refractivity contribution is 5.79. The van der Waals surface area contributed by atoms with Crippen molar-refractivity contribution in [2.75, 3.05) is 46.8 Å². The minimum Gasteiger partial charge on any atom is -0.357 e. The summed E-state index contributed by atoms with van der Waals surface area (Å²) in [6, 6.07) is 5.27. The van der Waals surface area contributed by atoms with Crippen LogP contribution in [-0.2, 0) is 13.1 Å². The summed E-state index contributed by atoms with van der Waals surface area (Å²) in [6.45, 7) is 8.38. The third-order valence-electron chi connectivity index (χ3n) is 4.53. The molecule has 0 aromatic heterocycles. The second-order valence-electron chi connectivity index (χ2n) is 7.19. The summed E-state index contributed by atoms with van der Waals surface area (Å²) >= 11 is 0. The summed E-state index contributed by atoms with van der Waals surface area (Å²) < 4.78 is 13.9. The number of nitrogens with zero attached hydrogens (tertiary/aromatic N) is 3. The maximum absolute atomic E-state index is 13.9. The third-order valence-corrected chi connectivity index (χ3v) is 4.53. The predicted molar refractivity (Wildman–Crippen MR) is 107 cm³/mol. The van der Waals surface area contributed by atoms with Crippen LogP contribution in [0, 0.1) is 5.82 Å². The molecular weight excluding hydrogens is 329 g/mol. The highest BCUT2D eigenvalue weighted by Gasteiger charge is 2.09. The van der Waals surface area contributed by atoms with E-state index in [1.807, 2.05) is 31.1 Å². The number of hydrogen-bond acceptors (Lipinski definition) is 3. The first-order chi connectivity index (χ1) is 12.6. The van der Waals surface area contributed by atoms with Gasteiger partial charge in [0.2, 0.25) is 0 Å². The summed E-state index contributed by atoms with van der Waals surface area (Å²) in [7, 11) is 3.89. The molecule has 1 aliphatic rings. The Morgan fingerprint density at radius 1 is 1.19 bits per heavy atom. The summed E-state index contributed by atoms with van der Waals surface area (Å²) in [6.07, 6.45) is 3.99. The van der Waals surface area contributed by atoms with E-state index < -0.39 is 0 Å². The number of aliphatic imine (C=N–C) groups is 1. The molecule has 1 aromatic carbocycles. The molecule has 0 amide bonds. The van der Waals surface area contributed by atoms with E-state index in [0.29, 0.717) is 18.7 Å². The second kappa shape index (κ2) is 11.1. The van der Waals surface area contributed by atoms with Crippen LogP contribution < -0.4 is 10.6 Å². The average molecular weight is 364 g/mol. The minimum absolute atomic E-state index is 0.155. The Bertz CT molecular complexity index is 567. The fourth-order valence-electron chi connectivity index (χ4n) is 3.22. The lowest BCUT2D eigenvalue weighted by molar-refractivity contribution is 0.232. The molecule has 0 spiro atoms. The van der Waals surface area contributed by atoms with Gasteiger partial charge in [0.25, 0.3) is 0 Å². The molecule has 146 valence electrons. The van der Waals surface area contributed by atoms with Crippen molar-refractivity contribution >= 4 is 5.96 Å². The number of rotatable bonds is 8. The van der Waals surface area contributed by atoms with E-state index in [1.165, 1.54) is 32.4 Å². The van der Waals surface area contributed by atoms with Crippen LogP contribution in [-0.4, -0.2) is 62.6 Å². The highest BCUT2D eigenvalue weighted by atomic mass is 19.1. The van der Waals surface area contributed by atoms with E-state index in [1.54, 1.807) is 6.07 Å². The van der Waals surface area contributed by atoms with Crippen LogP contribution in [0.25, 0.3) is 0 Å². The fraction of sp³-hybridized carbons (Fsp3) is 0.650. The molecule has 0 saturated carbocycles. The van der Waals surface area contributed by atoms with Crippen molar-refractivity contribution in [3.8, 4) is 0 Å². The molecule has 1 heterocycles. The standard InChI is InChI=1S/C20H34FN5/c1-4-22-20(23-10-13-26-11-6-5-7-12-26)24-15-17-8-9-19(21)18(14-17)16-25(2)3/h8-9,14H,4-7,10-13,15-16H2,1-3H3,(H2,22,23,24). The normalized spacial score (nSPS) is 16.1. The van der Waals surface area contributed by atoms with E-state index >= 15 is 0 Å². The molecule has 0 aliphatic carbocycles. The van der Waals surface area contributed by atoms with Crippen LogP contribution in [0.4, 0.5) is 4.39 Å². The molecule has 5 nitrogen and oxygen atoms in total. The molecule has 0 unspecified atom stereocenters. The summed E-state index contributed by atoms with van der Waals surface area (Å²) in [5.41, 5.74) is 1.74. The summed E-state index contributed by atoms with van der Waals surface area (Å²) in [4.78, 5) is 9.13. The lowest BCUT2D eigenvalue weighted by Crippen LogP contribution is -2.42. The van der Waals surface area contributed by atoms with Crippen LogP contribution in [0.15, 0.2) is 23.2 Å². The number of hydrogen-bond donors (Lipinski definition) is 2. The van der Waals surface area contributed by atoms with E-state index in [4.69, 9.17) is 0 Å². The summed E-state index contributed by atoms with van der Waals surface area (Å²) in [5, 5.41) is 6.70. The van der Waals surface area contributed by atoms with Gasteiger partial charge in [-0.25, -0.2) is 9.38 Å². The molecule has 0 bridgehead atoms. The highest BCUT2D eigenvalue weighted by Crippen LogP contribution is 2.13. The number of guanidine groups is 1. The van der Waals surface area contributed by atoms with Crippen LogP contribution in [0.3, 0.4) is 0 Å². The van der Waals surface area contributed by atoms with Gasteiger partial charge in [-0.2, -0.15) is 0 Å². The van der Waals surface area contributed by atoms with Crippen molar-refractivity contribution in [1.29, 1.82) is 0 Å². The molecule has 2 N–H and O–H groups in total. The molecular formula is C20H34FN5. The van der Waals surface area contributed by atoms with Gasteiger partial charge in [0.1, 0.15) is 5.82 Å². The summed E-state index contributed by atoms with van der Waals surface area (Å²) in [5.74, 6) is 0.668. The lowest BCUT2D eigenvalue weighted by atomic mass is 10.1. The maximum Gasteiger partial charge on any atom is 0.191 e. The third kappa shape index (κ3) is 7.30. The Kier molecular flexibility index (Phi) is 8.85. The van der Waals surface area contributed by atoms with Crippen molar-refractivity contribution in [3.05, 3.63) is 35.1 Å². The Hall–Kier alpha value is -1.66. The quantitative estimate of drug-likeness (QED) is 0.550.